The standard InChI is InChI=1S/C25H36O2/c26-25(23-13-11-21(12-14-23)19-7-3-1-4-8-19)27-24-17-15-22(16-18-24)20-9-5-2-6-10-20/h15-21,23H,1-14H2. The fourth-order valence-electron chi connectivity index (χ4n) is 5.88. The van der Waals surface area contributed by atoms with Crippen LogP contribution in [0.1, 0.15) is 101 Å². The normalized spacial score (nSPS) is 28.0. The van der Waals surface area contributed by atoms with Crippen LogP contribution in [0.25, 0.3) is 0 Å². The van der Waals surface area contributed by atoms with Crippen molar-refractivity contribution >= 4 is 5.97 Å². The molecule has 1 aromatic carbocycles. The van der Waals surface area contributed by atoms with Crippen LogP contribution in [0.3, 0.4) is 0 Å². The van der Waals surface area contributed by atoms with Crippen molar-refractivity contribution in [3.05, 3.63) is 29.8 Å². The predicted octanol–water partition coefficient (Wildman–Crippen LogP) is 7.03. The van der Waals surface area contributed by atoms with Crippen molar-refractivity contribution in [1.29, 1.82) is 0 Å². The molecule has 3 aliphatic carbocycles. The smallest absolute Gasteiger partial charge is 0.314 e. The van der Waals surface area contributed by atoms with Gasteiger partial charge in [-0.1, -0.05) is 63.5 Å². The summed E-state index contributed by atoms with van der Waals surface area (Å²) >= 11 is 0. The number of esters is 1. The summed E-state index contributed by atoms with van der Waals surface area (Å²) in [6.45, 7) is 0. The zero-order chi connectivity index (χ0) is 18.5. The maximum atomic E-state index is 12.6. The number of carbonyl (C=O) groups excluding carboxylic acids is 1. The Bertz CT molecular complexity index is 585. The summed E-state index contributed by atoms with van der Waals surface area (Å²) in [5, 5.41) is 0. The van der Waals surface area contributed by atoms with Crippen molar-refractivity contribution in [2.45, 2.75) is 95.8 Å². The van der Waals surface area contributed by atoms with Crippen molar-refractivity contribution in [3.8, 4) is 5.75 Å². The largest absolute Gasteiger partial charge is 0.426 e. The third-order valence-electron chi connectivity index (χ3n) is 7.60. The molecule has 0 aromatic heterocycles. The summed E-state index contributed by atoms with van der Waals surface area (Å²) in [6, 6.07) is 8.38. The third kappa shape index (κ3) is 4.95. The molecule has 148 valence electrons. The lowest BCUT2D eigenvalue weighted by Gasteiger charge is -2.35. The van der Waals surface area contributed by atoms with Gasteiger partial charge in [0.1, 0.15) is 5.75 Å². The Hall–Kier alpha value is -1.31. The van der Waals surface area contributed by atoms with E-state index in [4.69, 9.17) is 4.74 Å². The van der Waals surface area contributed by atoms with Crippen LogP contribution in [0, 0.1) is 17.8 Å². The zero-order valence-corrected chi connectivity index (χ0v) is 16.8. The molecule has 1 aromatic rings. The highest BCUT2D eigenvalue weighted by Crippen LogP contribution is 2.40. The van der Waals surface area contributed by atoms with E-state index in [0.717, 1.165) is 30.4 Å². The molecule has 4 rings (SSSR count). The van der Waals surface area contributed by atoms with E-state index in [0.29, 0.717) is 5.92 Å². The molecule has 0 bridgehead atoms. The Balaban J connectivity index is 1.25. The minimum atomic E-state index is 0.00232. The molecule has 0 radical (unpaired) electrons. The van der Waals surface area contributed by atoms with Gasteiger partial charge in [-0.05, 0) is 74.0 Å². The summed E-state index contributed by atoms with van der Waals surface area (Å²) in [6.07, 6.45) is 18.3. The molecule has 3 fully saturated rings. The van der Waals surface area contributed by atoms with Gasteiger partial charge in [-0.3, -0.25) is 4.79 Å². The van der Waals surface area contributed by atoms with Crippen molar-refractivity contribution in [2.24, 2.45) is 17.8 Å². The van der Waals surface area contributed by atoms with Crippen LogP contribution < -0.4 is 4.74 Å². The fourth-order valence-corrected chi connectivity index (χ4v) is 5.88. The molecule has 0 amide bonds. The summed E-state index contributed by atoms with van der Waals surface area (Å²) in [7, 11) is 0. The van der Waals surface area contributed by atoms with Crippen molar-refractivity contribution in [2.75, 3.05) is 0 Å². The van der Waals surface area contributed by atoms with Gasteiger partial charge in [0.25, 0.3) is 0 Å². The Labute approximate surface area is 165 Å². The van der Waals surface area contributed by atoms with Crippen LogP contribution in [0.2, 0.25) is 0 Å². The summed E-state index contributed by atoms with van der Waals surface area (Å²) in [5.41, 5.74) is 1.42. The minimum Gasteiger partial charge on any atom is -0.426 e. The molecule has 0 saturated heterocycles. The Morgan fingerprint density at radius 2 is 1.22 bits per heavy atom. The van der Waals surface area contributed by atoms with Crippen LogP contribution in [0.15, 0.2) is 24.3 Å². The number of ether oxygens (including phenoxy) is 1. The average molecular weight is 369 g/mol. The monoisotopic (exact) mass is 368 g/mol. The van der Waals surface area contributed by atoms with Crippen LogP contribution in [-0.2, 0) is 4.79 Å². The van der Waals surface area contributed by atoms with Crippen molar-refractivity contribution in [3.63, 3.8) is 0 Å². The average Bonchev–Trinajstić information content (AvgIpc) is 2.76. The molecule has 27 heavy (non-hydrogen) atoms. The third-order valence-corrected chi connectivity index (χ3v) is 7.60. The minimum absolute atomic E-state index is 0.00232. The van der Waals surface area contributed by atoms with Gasteiger partial charge in [-0.15, -0.1) is 0 Å². The van der Waals surface area contributed by atoms with E-state index in [1.54, 1.807) is 0 Å². The first kappa shape index (κ1) is 19.0. The van der Waals surface area contributed by atoms with Gasteiger partial charge in [0.05, 0.1) is 5.92 Å². The SMILES string of the molecule is O=C(Oc1ccc(C2CCCCC2)cc1)C1CCC(C2CCCCC2)CC1. The van der Waals surface area contributed by atoms with Crippen LogP contribution in [0.4, 0.5) is 0 Å². The number of hydrogen-bond donors (Lipinski definition) is 0. The molecular formula is C25H36O2. The maximum Gasteiger partial charge on any atom is 0.314 e. The molecule has 0 atom stereocenters. The van der Waals surface area contributed by atoms with Crippen molar-refractivity contribution in [1.82, 2.24) is 0 Å². The second-order valence-electron chi connectivity index (χ2n) is 9.33. The first-order valence-corrected chi connectivity index (χ1v) is 11.6. The van der Waals surface area contributed by atoms with Gasteiger partial charge in [-0.25, -0.2) is 0 Å². The molecule has 2 nitrogen and oxygen atoms in total. The van der Waals surface area contributed by atoms with Gasteiger partial charge in [-0.2, -0.15) is 0 Å². The molecule has 0 aliphatic heterocycles. The summed E-state index contributed by atoms with van der Waals surface area (Å²) in [5.74, 6) is 3.35. The highest BCUT2D eigenvalue weighted by Gasteiger charge is 2.32. The first-order valence-electron chi connectivity index (χ1n) is 11.6. The van der Waals surface area contributed by atoms with Gasteiger partial charge >= 0.3 is 5.97 Å². The second-order valence-corrected chi connectivity index (χ2v) is 9.33. The van der Waals surface area contributed by atoms with Gasteiger partial charge < -0.3 is 4.74 Å². The molecule has 3 saturated carbocycles. The first-order chi connectivity index (χ1) is 13.3. The molecule has 0 spiro atoms. The maximum absolute atomic E-state index is 12.6. The molecule has 0 heterocycles. The Morgan fingerprint density at radius 3 is 1.85 bits per heavy atom. The molecule has 2 heteroatoms. The quantitative estimate of drug-likeness (QED) is 0.421. The second kappa shape index (κ2) is 9.26. The van der Waals surface area contributed by atoms with E-state index in [-0.39, 0.29) is 11.9 Å². The van der Waals surface area contributed by atoms with Gasteiger partial charge in [0.2, 0.25) is 0 Å². The number of carbonyl (C=O) groups is 1. The van der Waals surface area contributed by atoms with Gasteiger partial charge in [0, 0.05) is 0 Å². The number of benzene rings is 1. The topological polar surface area (TPSA) is 26.3 Å². The Kier molecular flexibility index (Phi) is 6.52. The van der Waals surface area contributed by atoms with Crippen molar-refractivity contribution < 1.29 is 9.53 Å². The fraction of sp³-hybridized carbons (Fsp3) is 0.720. The lowest BCUT2D eigenvalue weighted by molar-refractivity contribution is -0.140. The molecule has 3 aliphatic rings. The number of hydrogen-bond acceptors (Lipinski definition) is 2. The van der Waals surface area contributed by atoms with E-state index in [1.165, 1.54) is 82.6 Å². The summed E-state index contributed by atoms with van der Waals surface area (Å²) in [4.78, 5) is 12.6. The molecule has 0 unspecified atom stereocenters. The van der Waals surface area contributed by atoms with Crippen LogP contribution in [0.5, 0.6) is 5.75 Å². The predicted molar refractivity (Wildman–Crippen MR) is 110 cm³/mol. The van der Waals surface area contributed by atoms with E-state index in [1.807, 2.05) is 12.1 Å². The highest BCUT2D eigenvalue weighted by atomic mass is 16.5. The summed E-state index contributed by atoms with van der Waals surface area (Å²) < 4.78 is 5.74. The molecular weight excluding hydrogens is 332 g/mol. The zero-order valence-electron chi connectivity index (χ0n) is 16.8. The Morgan fingerprint density at radius 1 is 0.667 bits per heavy atom. The lowest BCUT2D eigenvalue weighted by atomic mass is 9.71. The van der Waals surface area contributed by atoms with E-state index >= 15 is 0 Å². The van der Waals surface area contributed by atoms with E-state index in [2.05, 4.69) is 12.1 Å². The molecule has 0 N–H and O–H groups in total. The van der Waals surface area contributed by atoms with Gasteiger partial charge in [0.15, 0.2) is 0 Å². The number of rotatable bonds is 4. The van der Waals surface area contributed by atoms with Crippen LogP contribution in [-0.4, -0.2) is 5.97 Å². The lowest BCUT2D eigenvalue weighted by Crippen LogP contribution is -2.29. The van der Waals surface area contributed by atoms with E-state index < -0.39 is 0 Å². The van der Waals surface area contributed by atoms with Crippen LogP contribution >= 0.6 is 0 Å². The highest BCUT2D eigenvalue weighted by molar-refractivity contribution is 5.75. The van der Waals surface area contributed by atoms with E-state index in [9.17, 15) is 4.79 Å².